The van der Waals surface area contributed by atoms with Crippen LogP contribution in [0.4, 0.5) is 0 Å². The van der Waals surface area contributed by atoms with Crippen molar-refractivity contribution in [2.45, 2.75) is 79.1 Å². The van der Waals surface area contributed by atoms with Gasteiger partial charge in [-0.3, -0.25) is 38.8 Å². The molecule has 1 aliphatic rings. The van der Waals surface area contributed by atoms with Crippen LogP contribution in [0, 0.1) is 0 Å². The third kappa shape index (κ3) is 30.3. The summed E-state index contributed by atoms with van der Waals surface area (Å²) in [7, 11) is 0. The molecule has 322 valence electrons. The number of carbonyl (C=O) groups is 4. The van der Waals surface area contributed by atoms with Crippen molar-refractivity contribution in [1.29, 1.82) is 0 Å². The quantitative estimate of drug-likeness (QED) is 0.0871. The zero-order chi connectivity index (χ0) is 41.3. The molecule has 0 aromatic carbocycles. The zero-order valence-electron chi connectivity index (χ0n) is 35.4. The molecule has 0 unspecified atom stereocenters. The van der Waals surface area contributed by atoms with Crippen LogP contribution in [0.3, 0.4) is 0 Å². The maximum Gasteiger partial charge on any atom is 0.320 e. The molecule has 0 saturated carbocycles. The van der Waals surface area contributed by atoms with E-state index in [1.807, 2.05) is 81.9 Å². The number of ether oxygens (including phenoxy) is 7. The third-order valence-electron chi connectivity index (χ3n) is 7.56. The molecule has 0 aliphatic carbocycles. The van der Waals surface area contributed by atoms with E-state index in [1.165, 1.54) is 0 Å². The fraction of sp³-hybridized carbons (Fsp3) is 0.895. The van der Waals surface area contributed by atoms with E-state index >= 15 is 0 Å². The van der Waals surface area contributed by atoms with Gasteiger partial charge in [-0.25, -0.2) is 0 Å². The Hall–Kier alpha value is -2.48. The van der Waals surface area contributed by atoms with E-state index in [0.717, 1.165) is 0 Å². The minimum atomic E-state index is -0.639. The topological polar surface area (TPSA) is 184 Å². The minimum absolute atomic E-state index is 0.0562. The van der Waals surface area contributed by atoms with Crippen LogP contribution in [0.15, 0.2) is 0 Å². The van der Waals surface area contributed by atoms with Crippen molar-refractivity contribution in [1.82, 2.24) is 24.9 Å². The molecule has 0 atom stereocenters. The summed E-state index contributed by atoms with van der Waals surface area (Å²) in [6, 6.07) is 0. The molecule has 1 amide bonds. The molecule has 17 heteroatoms. The van der Waals surface area contributed by atoms with Crippen molar-refractivity contribution in [2.24, 2.45) is 5.73 Å². The van der Waals surface area contributed by atoms with Gasteiger partial charge < -0.3 is 44.2 Å². The van der Waals surface area contributed by atoms with Gasteiger partial charge in [0.15, 0.2) is 0 Å². The van der Waals surface area contributed by atoms with Crippen LogP contribution < -0.4 is 11.1 Å². The maximum atomic E-state index is 13.1. The van der Waals surface area contributed by atoms with Gasteiger partial charge in [-0.15, -0.1) is 0 Å². The molecule has 55 heavy (non-hydrogen) atoms. The first kappa shape index (κ1) is 50.5. The molecule has 0 spiro atoms. The monoisotopic (exact) mass is 791 g/mol. The average molecular weight is 791 g/mol. The highest BCUT2D eigenvalue weighted by atomic mass is 16.6. The van der Waals surface area contributed by atoms with Crippen molar-refractivity contribution in [3.63, 3.8) is 0 Å². The molecule has 0 bridgehead atoms. The first-order chi connectivity index (χ1) is 25.7. The van der Waals surface area contributed by atoms with E-state index in [0.29, 0.717) is 118 Å². The molecule has 0 aromatic heterocycles. The van der Waals surface area contributed by atoms with Crippen molar-refractivity contribution < 1.29 is 52.3 Å². The van der Waals surface area contributed by atoms with Gasteiger partial charge in [-0.1, -0.05) is 0 Å². The first-order valence-corrected chi connectivity index (χ1v) is 19.6. The van der Waals surface area contributed by atoms with Gasteiger partial charge >= 0.3 is 17.9 Å². The predicted octanol–water partition coefficient (Wildman–Crippen LogP) is 0.374. The lowest BCUT2D eigenvalue weighted by Crippen LogP contribution is -2.50. The largest absolute Gasteiger partial charge is 0.459 e. The van der Waals surface area contributed by atoms with E-state index < -0.39 is 16.8 Å². The summed E-state index contributed by atoms with van der Waals surface area (Å²) < 4.78 is 38.6. The highest BCUT2D eigenvalue weighted by Crippen LogP contribution is 2.11. The van der Waals surface area contributed by atoms with Crippen molar-refractivity contribution in [2.75, 3.05) is 144 Å². The van der Waals surface area contributed by atoms with E-state index in [1.54, 1.807) is 0 Å². The Morgan fingerprint density at radius 1 is 0.455 bits per heavy atom. The second kappa shape index (κ2) is 27.2. The van der Waals surface area contributed by atoms with Gasteiger partial charge in [0.1, 0.15) is 16.8 Å². The van der Waals surface area contributed by atoms with E-state index in [2.05, 4.69) is 5.32 Å². The summed E-state index contributed by atoms with van der Waals surface area (Å²) in [5.41, 5.74) is 3.46. The van der Waals surface area contributed by atoms with Crippen LogP contribution in [0.1, 0.15) is 62.3 Å². The van der Waals surface area contributed by atoms with Gasteiger partial charge in [-0.2, -0.15) is 0 Å². The Kier molecular flexibility index (Phi) is 25.0. The van der Waals surface area contributed by atoms with Crippen molar-refractivity contribution in [3.05, 3.63) is 0 Å². The lowest BCUT2D eigenvalue weighted by atomic mass is 10.2. The Balaban J connectivity index is 2.87. The number of hydrogen-bond acceptors (Lipinski definition) is 16. The highest BCUT2D eigenvalue weighted by Gasteiger charge is 2.26. The Morgan fingerprint density at radius 3 is 1.02 bits per heavy atom. The number of nitrogens with zero attached hydrogens (tertiary/aromatic N) is 4. The van der Waals surface area contributed by atoms with E-state index in [-0.39, 0.29) is 50.0 Å². The average Bonchev–Trinajstić information content (AvgIpc) is 3.03. The van der Waals surface area contributed by atoms with Gasteiger partial charge in [-0.05, 0) is 62.3 Å². The van der Waals surface area contributed by atoms with E-state index in [9.17, 15) is 19.2 Å². The summed E-state index contributed by atoms with van der Waals surface area (Å²) in [4.78, 5) is 59.8. The number of carbonyl (C=O) groups excluding carboxylic acids is 4. The maximum absolute atomic E-state index is 13.1. The van der Waals surface area contributed by atoms with Crippen molar-refractivity contribution in [3.8, 4) is 0 Å². The fourth-order valence-corrected chi connectivity index (χ4v) is 5.25. The lowest BCUT2D eigenvalue weighted by Gasteiger charge is -2.34. The lowest BCUT2D eigenvalue weighted by molar-refractivity contribution is -0.158. The fourth-order valence-electron chi connectivity index (χ4n) is 5.25. The van der Waals surface area contributed by atoms with Gasteiger partial charge in [0.05, 0.1) is 79.0 Å². The van der Waals surface area contributed by atoms with E-state index in [4.69, 9.17) is 38.9 Å². The summed E-state index contributed by atoms with van der Waals surface area (Å²) in [6.45, 7) is 24.8. The number of amides is 1. The summed E-state index contributed by atoms with van der Waals surface area (Å²) >= 11 is 0. The van der Waals surface area contributed by atoms with Crippen LogP contribution >= 0.6 is 0 Å². The molecular weight excluding hydrogens is 716 g/mol. The van der Waals surface area contributed by atoms with Crippen LogP contribution in [0.2, 0.25) is 0 Å². The standard InChI is InChI=1S/C38H74N6O11/c1-36(2,3)53-33(46)29-42-14-12-41(28-32(45)40-11-21-50-23-25-52-27-26-51-24-22-49-20-10-39)13-15-43(30-34(47)54-37(4,5)6)17-19-44(18-16-42)31-35(48)55-38(7,8)9/h10-31,39H2,1-9H3,(H,40,45). The number of esters is 3. The number of nitrogens with two attached hydrogens (primary N) is 1. The molecule has 3 N–H and O–H groups in total. The van der Waals surface area contributed by atoms with Crippen LogP contribution in [-0.4, -0.2) is 205 Å². The zero-order valence-corrected chi connectivity index (χ0v) is 35.4. The molecular formula is C38H74N6O11. The Morgan fingerprint density at radius 2 is 0.727 bits per heavy atom. The van der Waals surface area contributed by atoms with Crippen LogP contribution in [-0.2, 0) is 52.3 Å². The molecule has 0 aromatic rings. The third-order valence-corrected chi connectivity index (χ3v) is 7.56. The van der Waals surface area contributed by atoms with Crippen LogP contribution in [0.25, 0.3) is 0 Å². The highest BCUT2D eigenvalue weighted by molar-refractivity contribution is 5.78. The number of hydrogen-bond donors (Lipinski definition) is 2. The van der Waals surface area contributed by atoms with Gasteiger partial charge in [0.2, 0.25) is 5.91 Å². The van der Waals surface area contributed by atoms with Crippen LogP contribution in [0.5, 0.6) is 0 Å². The second-order valence-electron chi connectivity index (χ2n) is 16.5. The Bertz CT molecular complexity index is 1050. The first-order valence-electron chi connectivity index (χ1n) is 19.6. The molecule has 1 aliphatic heterocycles. The predicted molar refractivity (Wildman–Crippen MR) is 209 cm³/mol. The number of rotatable bonds is 22. The Labute approximate surface area is 330 Å². The molecule has 1 rings (SSSR count). The minimum Gasteiger partial charge on any atom is -0.459 e. The second-order valence-corrected chi connectivity index (χ2v) is 16.5. The van der Waals surface area contributed by atoms with Crippen molar-refractivity contribution >= 4 is 23.8 Å². The molecule has 17 nitrogen and oxygen atoms in total. The summed E-state index contributed by atoms with van der Waals surface area (Å²) in [5, 5.41) is 2.92. The normalized spacial score (nSPS) is 16.5. The number of nitrogens with one attached hydrogen (secondary N) is 1. The van der Waals surface area contributed by atoms with Gasteiger partial charge in [0.25, 0.3) is 0 Å². The molecule has 1 fully saturated rings. The summed E-state index contributed by atoms with van der Waals surface area (Å²) in [6.07, 6.45) is 0. The molecule has 1 heterocycles. The van der Waals surface area contributed by atoms with Gasteiger partial charge in [0, 0.05) is 65.4 Å². The molecule has 0 radical (unpaired) electrons. The smallest absolute Gasteiger partial charge is 0.320 e. The summed E-state index contributed by atoms with van der Waals surface area (Å²) in [5.74, 6) is -1.22. The SMILES string of the molecule is CC(C)(C)OC(=O)CN1CCN(CC(=O)NCCOCCOCCOCCOCCN)CCN(CC(=O)OC(C)(C)C)CCN(CC(=O)OC(C)(C)C)CC1. The molecule has 1 saturated heterocycles.